The van der Waals surface area contributed by atoms with Crippen LogP contribution in [0.4, 0.5) is 9.52 Å². The molecule has 0 aliphatic carbocycles. The van der Waals surface area contributed by atoms with Gasteiger partial charge in [0.1, 0.15) is 11.6 Å². The molecule has 1 N–H and O–H groups in total. The van der Waals surface area contributed by atoms with E-state index in [2.05, 4.69) is 22.4 Å². The third-order valence-corrected chi connectivity index (χ3v) is 4.51. The van der Waals surface area contributed by atoms with Crippen LogP contribution in [0.3, 0.4) is 0 Å². The lowest BCUT2D eigenvalue weighted by molar-refractivity contribution is -0.142. The predicted octanol–water partition coefficient (Wildman–Crippen LogP) is 4.79. The molecule has 0 radical (unpaired) electrons. The van der Waals surface area contributed by atoms with Crippen molar-refractivity contribution >= 4 is 28.7 Å². The van der Waals surface area contributed by atoms with E-state index in [1.54, 1.807) is 18.4 Å². The van der Waals surface area contributed by atoms with Gasteiger partial charge in [0.2, 0.25) is 5.13 Å². The minimum Gasteiger partial charge on any atom is -0.493 e. The van der Waals surface area contributed by atoms with Gasteiger partial charge >= 0.3 is 5.97 Å². The Morgan fingerprint density at radius 1 is 1.29 bits per heavy atom. The number of rotatable bonds is 12. The maximum atomic E-state index is 13.8. The van der Waals surface area contributed by atoms with Gasteiger partial charge in [-0.1, -0.05) is 26.2 Å². The van der Waals surface area contributed by atoms with Gasteiger partial charge in [-0.25, -0.2) is 9.37 Å². The fraction of sp³-hybridized carbons (Fsp3) is 0.450. The van der Waals surface area contributed by atoms with Crippen LogP contribution in [0, 0.1) is 5.82 Å². The van der Waals surface area contributed by atoms with Crippen LogP contribution in [0.15, 0.2) is 28.7 Å². The maximum Gasteiger partial charge on any atom is 0.311 e. The van der Waals surface area contributed by atoms with Gasteiger partial charge in [-0.3, -0.25) is 10.2 Å². The number of unbranched alkanes of at least 4 members (excludes halogenated alkanes) is 3. The summed E-state index contributed by atoms with van der Waals surface area (Å²) in [5.74, 6) is -0.202. The van der Waals surface area contributed by atoms with Crippen molar-refractivity contribution in [3.63, 3.8) is 0 Å². The minimum atomic E-state index is -0.376. The molecule has 0 atom stereocenters. The Kier molecular flexibility index (Phi) is 9.41. The van der Waals surface area contributed by atoms with Gasteiger partial charge in [0.15, 0.2) is 0 Å². The molecule has 0 fully saturated rings. The van der Waals surface area contributed by atoms with Gasteiger partial charge in [-0.05, 0) is 25.5 Å². The summed E-state index contributed by atoms with van der Waals surface area (Å²) >= 11 is 1.33. The van der Waals surface area contributed by atoms with Crippen LogP contribution in [0.25, 0.3) is 0 Å². The van der Waals surface area contributed by atoms with Crippen molar-refractivity contribution in [1.82, 2.24) is 4.98 Å². The number of aromatic nitrogens is 1. The molecule has 0 amide bonds. The number of ether oxygens (including phenoxy) is 2. The zero-order chi connectivity index (χ0) is 20.2. The van der Waals surface area contributed by atoms with Crippen LogP contribution in [0.2, 0.25) is 0 Å². The number of hydrazone groups is 1. The van der Waals surface area contributed by atoms with E-state index >= 15 is 0 Å². The van der Waals surface area contributed by atoms with Crippen molar-refractivity contribution < 1.29 is 18.7 Å². The molecule has 0 spiro atoms. The van der Waals surface area contributed by atoms with Crippen LogP contribution < -0.4 is 10.2 Å². The normalized spacial score (nSPS) is 11.0. The van der Waals surface area contributed by atoms with Gasteiger partial charge in [0.25, 0.3) is 0 Å². The maximum absolute atomic E-state index is 13.8. The molecule has 0 aliphatic heterocycles. The third kappa shape index (κ3) is 8.04. The molecular weight excluding hydrogens is 381 g/mol. The summed E-state index contributed by atoms with van der Waals surface area (Å²) in [6.07, 6.45) is 6.02. The van der Waals surface area contributed by atoms with Crippen LogP contribution in [-0.2, 0) is 16.0 Å². The fourth-order valence-electron chi connectivity index (χ4n) is 2.42. The molecule has 2 rings (SSSR count). The summed E-state index contributed by atoms with van der Waals surface area (Å²) in [7, 11) is 0. The Balaban J connectivity index is 1.86. The second kappa shape index (κ2) is 12.1. The monoisotopic (exact) mass is 407 g/mol. The summed E-state index contributed by atoms with van der Waals surface area (Å²) in [4.78, 5) is 15.7. The number of hydrogen-bond donors (Lipinski definition) is 1. The van der Waals surface area contributed by atoms with Crippen molar-refractivity contribution in [1.29, 1.82) is 0 Å². The zero-order valence-electron chi connectivity index (χ0n) is 16.2. The lowest BCUT2D eigenvalue weighted by Gasteiger charge is -2.07. The number of benzene rings is 1. The van der Waals surface area contributed by atoms with Crippen LogP contribution in [-0.4, -0.2) is 30.4 Å². The van der Waals surface area contributed by atoms with Gasteiger partial charge in [-0.2, -0.15) is 5.10 Å². The number of carbonyl (C=O) groups is 1. The van der Waals surface area contributed by atoms with Crippen LogP contribution in [0.5, 0.6) is 5.75 Å². The SMILES string of the molecule is CCCCCCOc1cc(F)cc(C=NNc2nc(CC(=O)OCC)cs2)c1. The summed E-state index contributed by atoms with van der Waals surface area (Å²) < 4.78 is 24.3. The predicted molar refractivity (Wildman–Crippen MR) is 110 cm³/mol. The van der Waals surface area contributed by atoms with E-state index in [-0.39, 0.29) is 18.2 Å². The highest BCUT2D eigenvalue weighted by Gasteiger charge is 2.08. The van der Waals surface area contributed by atoms with Crippen molar-refractivity contribution in [2.24, 2.45) is 5.10 Å². The van der Waals surface area contributed by atoms with Crippen molar-refractivity contribution in [2.75, 3.05) is 18.6 Å². The number of nitrogens with one attached hydrogen (secondary N) is 1. The Morgan fingerprint density at radius 2 is 2.14 bits per heavy atom. The van der Waals surface area contributed by atoms with Gasteiger partial charge in [0.05, 0.1) is 31.5 Å². The van der Waals surface area contributed by atoms with E-state index in [0.29, 0.717) is 35.4 Å². The van der Waals surface area contributed by atoms with Crippen LogP contribution in [0.1, 0.15) is 50.8 Å². The number of hydrogen-bond acceptors (Lipinski definition) is 7. The second-order valence-electron chi connectivity index (χ2n) is 6.13. The lowest BCUT2D eigenvalue weighted by atomic mass is 10.2. The molecule has 0 unspecified atom stereocenters. The lowest BCUT2D eigenvalue weighted by Crippen LogP contribution is -2.07. The van der Waals surface area contributed by atoms with E-state index < -0.39 is 0 Å². The van der Waals surface area contributed by atoms with Gasteiger partial charge in [-0.15, -0.1) is 11.3 Å². The first kappa shape index (κ1) is 21.8. The molecule has 1 aromatic carbocycles. The third-order valence-electron chi connectivity index (χ3n) is 3.72. The molecule has 0 aliphatic rings. The molecule has 1 heterocycles. The number of esters is 1. The Labute approximate surface area is 168 Å². The first-order valence-electron chi connectivity index (χ1n) is 9.43. The average molecular weight is 408 g/mol. The molecule has 0 bridgehead atoms. The van der Waals surface area contributed by atoms with E-state index in [1.165, 1.54) is 36.1 Å². The molecule has 28 heavy (non-hydrogen) atoms. The molecule has 8 heteroatoms. The average Bonchev–Trinajstić information content (AvgIpc) is 3.08. The molecule has 0 saturated carbocycles. The molecule has 152 valence electrons. The van der Waals surface area contributed by atoms with Gasteiger partial charge in [0, 0.05) is 17.0 Å². The molecule has 6 nitrogen and oxygen atoms in total. The summed E-state index contributed by atoms with van der Waals surface area (Å²) in [6, 6.07) is 4.48. The van der Waals surface area contributed by atoms with E-state index in [0.717, 1.165) is 19.3 Å². The Hall–Kier alpha value is -2.48. The quantitative estimate of drug-likeness (QED) is 0.237. The fourth-order valence-corrected chi connectivity index (χ4v) is 3.08. The number of carbonyl (C=O) groups excluding carboxylic acids is 1. The summed E-state index contributed by atoms with van der Waals surface area (Å²) in [5, 5.41) is 6.38. The van der Waals surface area contributed by atoms with Crippen LogP contribution >= 0.6 is 11.3 Å². The second-order valence-corrected chi connectivity index (χ2v) is 6.98. The van der Waals surface area contributed by atoms with Crippen molar-refractivity contribution in [3.05, 3.63) is 40.7 Å². The number of thiazole rings is 1. The van der Waals surface area contributed by atoms with E-state index in [4.69, 9.17) is 9.47 Å². The van der Waals surface area contributed by atoms with Crippen molar-refractivity contribution in [3.8, 4) is 5.75 Å². The molecule has 0 saturated heterocycles. The molecule has 1 aromatic heterocycles. The highest BCUT2D eigenvalue weighted by atomic mass is 32.1. The summed E-state index contributed by atoms with van der Waals surface area (Å²) in [6.45, 7) is 4.83. The van der Waals surface area contributed by atoms with E-state index in [9.17, 15) is 9.18 Å². The van der Waals surface area contributed by atoms with Gasteiger partial charge < -0.3 is 9.47 Å². The minimum absolute atomic E-state index is 0.124. The highest BCUT2D eigenvalue weighted by molar-refractivity contribution is 7.13. The highest BCUT2D eigenvalue weighted by Crippen LogP contribution is 2.18. The molecular formula is C20H26FN3O3S. The first-order chi connectivity index (χ1) is 13.6. The first-order valence-corrected chi connectivity index (χ1v) is 10.3. The smallest absolute Gasteiger partial charge is 0.311 e. The number of nitrogens with zero attached hydrogens (tertiary/aromatic N) is 2. The number of anilines is 1. The molecule has 2 aromatic rings. The topological polar surface area (TPSA) is 72.8 Å². The Bertz CT molecular complexity index is 780. The summed E-state index contributed by atoms with van der Waals surface area (Å²) in [5.41, 5.74) is 3.98. The van der Waals surface area contributed by atoms with Crippen molar-refractivity contribution in [2.45, 2.75) is 46.0 Å². The standard InChI is InChI=1S/C20H26FN3O3S/c1-3-5-6-7-8-27-18-10-15(9-16(21)11-18)13-22-24-20-23-17(14-28-20)12-19(25)26-4-2/h9-11,13-14H,3-8,12H2,1-2H3,(H,23,24). The van der Waals surface area contributed by atoms with E-state index in [1.807, 2.05) is 0 Å². The number of halogens is 1. The zero-order valence-corrected chi connectivity index (χ0v) is 17.1. The largest absolute Gasteiger partial charge is 0.493 e. The Morgan fingerprint density at radius 3 is 2.93 bits per heavy atom.